The second-order valence-electron chi connectivity index (χ2n) is 4.55. The van der Waals surface area contributed by atoms with Gasteiger partial charge in [0.15, 0.2) is 0 Å². The molecule has 0 saturated heterocycles. The van der Waals surface area contributed by atoms with E-state index in [1.165, 1.54) is 12.1 Å². The highest BCUT2D eigenvalue weighted by Gasteiger charge is 2.09. The average Bonchev–Trinajstić information content (AvgIpc) is 2.42. The second kappa shape index (κ2) is 6.73. The summed E-state index contributed by atoms with van der Waals surface area (Å²) in [7, 11) is 0. The summed E-state index contributed by atoms with van der Waals surface area (Å²) in [6.45, 7) is 1.94. The fraction of sp³-hybridized carbons (Fsp3) is 0.250. The highest BCUT2D eigenvalue weighted by Crippen LogP contribution is 2.20. The summed E-state index contributed by atoms with van der Waals surface area (Å²) in [5, 5.41) is 10.0. The summed E-state index contributed by atoms with van der Waals surface area (Å²) in [5.74, 6) is 0.364. The lowest BCUT2D eigenvalue weighted by atomic mass is 10.0. The minimum atomic E-state index is -0.467. The van der Waals surface area contributed by atoms with E-state index in [1.54, 1.807) is 17.8 Å². The molecule has 1 unspecified atom stereocenters. The zero-order chi connectivity index (χ0) is 13.7. The molecule has 0 aliphatic carbocycles. The molecule has 1 N–H and O–H groups in total. The quantitative estimate of drug-likeness (QED) is 0.838. The molecule has 0 aliphatic heterocycles. The number of hydrogen-bond donors (Lipinski definition) is 1. The van der Waals surface area contributed by atoms with E-state index in [9.17, 15) is 9.50 Å². The average molecular weight is 276 g/mol. The van der Waals surface area contributed by atoms with Crippen LogP contribution in [0.5, 0.6) is 0 Å². The maximum Gasteiger partial charge on any atom is 0.123 e. The van der Waals surface area contributed by atoms with Crippen LogP contribution in [0.25, 0.3) is 0 Å². The van der Waals surface area contributed by atoms with Gasteiger partial charge in [-0.05, 0) is 48.7 Å². The number of aryl methyl sites for hydroxylation is 1. The fourth-order valence-electron chi connectivity index (χ4n) is 1.88. The number of halogens is 1. The molecule has 1 nitrogen and oxygen atoms in total. The van der Waals surface area contributed by atoms with Crippen molar-refractivity contribution < 1.29 is 9.50 Å². The number of aliphatic hydroxyl groups excluding tert-OH is 1. The van der Waals surface area contributed by atoms with Gasteiger partial charge in [0.2, 0.25) is 0 Å². The van der Waals surface area contributed by atoms with Crippen molar-refractivity contribution in [1.82, 2.24) is 0 Å². The van der Waals surface area contributed by atoms with Gasteiger partial charge in [0.25, 0.3) is 0 Å². The van der Waals surface area contributed by atoms with Gasteiger partial charge in [-0.25, -0.2) is 4.39 Å². The molecule has 1 atom stereocenters. The van der Waals surface area contributed by atoms with E-state index in [0.717, 1.165) is 16.0 Å². The largest absolute Gasteiger partial charge is 0.392 e. The number of hydrogen-bond acceptors (Lipinski definition) is 2. The molecule has 2 aromatic carbocycles. The van der Waals surface area contributed by atoms with Crippen LogP contribution in [0.4, 0.5) is 4.39 Å². The van der Waals surface area contributed by atoms with Crippen molar-refractivity contribution in [2.45, 2.75) is 24.3 Å². The van der Waals surface area contributed by atoms with Crippen LogP contribution >= 0.6 is 11.8 Å². The highest BCUT2D eigenvalue weighted by atomic mass is 32.2. The highest BCUT2D eigenvalue weighted by molar-refractivity contribution is 7.99. The van der Waals surface area contributed by atoms with Gasteiger partial charge in [0.05, 0.1) is 6.10 Å². The van der Waals surface area contributed by atoms with Crippen LogP contribution in [-0.4, -0.2) is 17.0 Å². The normalized spacial score (nSPS) is 12.4. The lowest BCUT2D eigenvalue weighted by Gasteiger charge is -2.12. The minimum Gasteiger partial charge on any atom is -0.392 e. The Morgan fingerprint density at radius 1 is 1.16 bits per heavy atom. The van der Waals surface area contributed by atoms with Gasteiger partial charge in [-0.3, -0.25) is 0 Å². The van der Waals surface area contributed by atoms with E-state index >= 15 is 0 Å². The molecule has 0 saturated carbocycles. The van der Waals surface area contributed by atoms with Crippen LogP contribution in [0.3, 0.4) is 0 Å². The van der Waals surface area contributed by atoms with Gasteiger partial charge in [0.1, 0.15) is 5.82 Å². The van der Waals surface area contributed by atoms with Gasteiger partial charge in [0, 0.05) is 10.6 Å². The first-order chi connectivity index (χ1) is 9.15. The zero-order valence-corrected chi connectivity index (χ0v) is 11.7. The van der Waals surface area contributed by atoms with Gasteiger partial charge in [-0.1, -0.05) is 24.3 Å². The van der Waals surface area contributed by atoms with Crippen molar-refractivity contribution in [1.29, 1.82) is 0 Å². The van der Waals surface area contributed by atoms with Gasteiger partial charge >= 0.3 is 0 Å². The fourth-order valence-corrected chi connectivity index (χ4v) is 2.73. The molecular weight excluding hydrogens is 259 g/mol. The Hall–Kier alpha value is -1.32. The smallest absolute Gasteiger partial charge is 0.123 e. The molecule has 0 radical (unpaired) electrons. The molecule has 0 amide bonds. The Labute approximate surface area is 117 Å². The third kappa shape index (κ3) is 4.37. The molecule has 3 heteroatoms. The number of thioether (sulfide) groups is 1. The first kappa shape index (κ1) is 14.1. The van der Waals surface area contributed by atoms with Crippen LogP contribution in [0.2, 0.25) is 0 Å². The topological polar surface area (TPSA) is 20.2 Å². The molecule has 0 aromatic heterocycles. The van der Waals surface area contributed by atoms with Crippen molar-refractivity contribution in [3.8, 4) is 0 Å². The summed E-state index contributed by atoms with van der Waals surface area (Å²) in [5.41, 5.74) is 1.89. The molecule has 0 fully saturated rings. The third-order valence-electron chi connectivity index (χ3n) is 2.95. The lowest BCUT2D eigenvalue weighted by molar-refractivity contribution is 0.200. The standard InChI is InChI=1S/C16H17FOS/c1-12-7-8-14(17)9-13(12)10-15(18)11-19-16-5-3-2-4-6-16/h2-9,15,18H,10-11H2,1H3. The van der Waals surface area contributed by atoms with Crippen molar-refractivity contribution >= 4 is 11.8 Å². The molecule has 19 heavy (non-hydrogen) atoms. The van der Waals surface area contributed by atoms with E-state index in [1.807, 2.05) is 37.3 Å². The van der Waals surface area contributed by atoms with Crippen LogP contribution in [0, 0.1) is 12.7 Å². The monoisotopic (exact) mass is 276 g/mol. The van der Waals surface area contributed by atoms with Gasteiger partial charge in [-0.2, -0.15) is 0 Å². The summed E-state index contributed by atoms with van der Waals surface area (Å²) in [6, 6.07) is 14.7. The Morgan fingerprint density at radius 3 is 2.63 bits per heavy atom. The maximum atomic E-state index is 13.2. The molecule has 100 valence electrons. The van der Waals surface area contributed by atoms with Gasteiger partial charge in [-0.15, -0.1) is 11.8 Å². The Kier molecular flexibility index (Phi) is 5.00. The van der Waals surface area contributed by atoms with Crippen LogP contribution in [0.15, 0.2) is 53.4 Å². The summed E-state index contributed by atoms with van der Waals surface area (Å²) in [4.78, 5) is 1.14. The van der Waals surface area contributed by atoms with Gasteiger partial charge < -0.3 is 5.11 Å². The third-order valence-corrected chi connectivity index (χ3v) is 4.11. The molecule has 0 spiro atoms. The Bertz CT molecular complexity index is 528. The minimum absolute atomic E-state index is 0.247. The van der Waals surface area contributed by atoms with Crippen LogP contribution in [0.1, 0.15) is 11.1 Å². The Balaban J connectivity index is 1.90. The van der Waals surface area contributed by atoms with Crippen molar-refractivity contribution in [2.24, 2.45) is 0 Å². The zero-order valence-electron chi connectivity index (χ0n) is 10.8. The van der Waals surface area contributed by atoms with Crippen molar-refractivity contribution in [3.63, 3.8) is 0 Å². The molecule has 2 rings (SSSR count). The first-order valence-electron chi connectivity index (χ1n) is 6.26. The molecule has 0 bridgehead atoms. The van der Waals surface area contributed by atoms with Crippen LogP contribution in [-0.2, 0) is 6.42 Å². The van der Waals surface area contributed by atoms with E-state index in [4.69, 9.17) is 0 Å². The van der Waals surface area contributed by atoms with E-state index < -0.39 is 6.10 Å². The van der Waals surface area contributed by atoms with Crippen molar-refractivity contribution in [2.75, 3.05) is 5.75 Å². The number of rotatable bonds is 5. The number of aliphatic hydroxyl groups is 1. The van der Waals surface area contributed by atoms with E-state index in [0.29, 0.717) is 12.2 Å². The van der Waals surface area contributed by atoms with E-state index in [2.05, 4.69) is 0 Å². The predicted molar refractivity (Wildman–Crippen MR) is 78.0 cm³/mol. The molecular formula is C16H17FOS. The van der Waals surface area contributed by atoms with Crippen LogP contribution < -0.4 is 0 Å². The second-order valence-corrected chi connectivity index (χ2v) is 5.65. The summed E-state index contributed by atoms with van der Waals surface area (Å²) < 4.78 is 13.2. The molecule has 0 aliphatic rings. The SMILES string of the molecule is Cc1ccc(F)cc1CC(O)CSc1ccccc1. The lowest BCUT2D eigenvalue weighted by Crippen LogP contribution is -2.14. The maximum absolute atomic E-state index is 13.2. The van der Waals surface area contributed by atoms with E-state index in [-0.39, 0.29) is 5.82 Å². The molecule has 2 aromatic rings. The Morgan fingerprint density at radius 2 is 1.89 bits per heavy atom. The first-order valence-corrected chi connectivity index (χ1v) is 7.24. The molecule has 0 heterocycles. The number of benzene rings is 2. The summed E-state index contributed by atoms with van der Waals surface area (Å²) >= 11 is 1.61. The van der Waals surface area contributed by atoms with Crippen molar-refractivity contribution in [3.05, 3.63) is 65.5 Å². The summed E-state index contributed by atoms with van der Waals surface area (Å²) in [6.07, 6.45) is 0.0226. The predicted octanol–water partition coefficient (Wildman–Crippen LogP) is 3.83.